The van der Waals surface area contributed by atoms with Gasteiger partial charge in [0.1, 0.15) is 11.6 Å². The molecule has 0 radical (unpaired) electrons. The molecule has 3 atom stereocenters. The van der Waals surface area contributed by atoms with E-state index in [1.807, 2.05) is 27.7 Å². The second-order valence-electron chi connectivity index (χ2n) is 12.1. The Morgan fingerprint density at radius 2 is 1.71 bits per heavy atom. The average Bonchev–Trinajstić information content (AvgIpc) is 3.19. The Kier molecular flexibility index (Phi) is 9.31. The molecule has 1 aliphatic heterocycles. The zero-order chi connectivity index (χ0) is 26.7. The maximum atomic E-state index is 12.8. The van der Waals surface area contributed by atoms with E-state index in [-0.39, 0.29) is 30.3 Å². The van der Waals surface area contributed by atoms with E-state index in [1.165, 1.54) is 0 Å². The second-order valence-corrected chi connectivity index (χ2v) is 12.1. The van der Waals surface area contributed by atoms with Crippen molar-refractivity contribution >= 4 is 25.1 Å². The van der Waals surface area contributed by atoms with Crippen LogP contribution in [0, 0.1) is 5.41 Å². The number of unbranched alkanes of at least 4 members (excludes halogenated alkanes) is 1. The predicted molar refractivity (Wildman–Crippen MR) is 134 cm³/mol. The molecule has 1 aliphatic carbocycles. The molecule has 0 aromatic rings. The van der Waals surface area contributed by atoms with Gasteiger partial charge in [-0.1, -0.05) is 19.8 Å². The molecule has 0 spiro atoms. The molecule has 2 fully saturated rings. The number of nitrogens with one attached hydrogen (secondary N) is 2. The molecular weight excluding hydrogens is 451 g/mol. The SMILES string of the molecule is CC[C@H](NC(=O)OC(C)(C)C)C(=O)N[C@H]1CC[C@@](CCCCB2OC(C)(C)C(C)(C)O2)(C(=O)O)C1. The van der Waals surface area contributed by atoms with Crippen molar-refractivity contribution in [3.63, 3.8) is 0 Å². The highest BCUT2D eigenvalue weighted by atomic mass is 16.7. The van der Waals surface area contributed by atoms with Gasteiger partial charge in [0.2, 0.25) is 5.91 Å². The normalized spacial score (nSPS) is 26.3. The van der Waals surface area contributed by atoms with Crippen molar-refractivity contribution < 1.29 is 33.5 Å². The van der Waals surface area contributed by atoms with Crippen molar-refractivity contribution in [1.29, 1.82) is 0 Å². The van der Waals surface area contributed by atoms with E-state index in [9.17, 15) is 19.5 Å². The van der Waals surface area contributed by atoms with E-state index < -0.39 is 29.1 Å². The minimum Gasteiger partial charge on any atom is -0.481 e. The van der Waals surface area contributed by atoms with Crippen LogP contribution in [0.1, 0.15) is 100 Å². The van der Waals surface area contributed by atoms with Gasteiger partial charge in [-0.15, -0.1) is 0 Å². The molecule has 10 heteroatoms. The van der Waals surface area contributed by atoms with Crippen LogP contribution >= 0.6 is 0 Å². The molecule has 2 aliphatic rings. The van der Waals surface area contributed by atoms with Gasteiger partial charge in [-0.2, -0.15) is 0 Å². The number of hydrogen-bond donors (Lipinski definition) is 3. The summed E-state index contributed by atoms with van der Waals surface area (Å²) in [6.45, 7) is 15.2. The van der Waals surface area contributed by atoms with Crippen molar-refractivity contribution in [3.05, 3.63) is 0 Å². The summed E-state index contributed by atoms with van der Waals surface area (Å²) in [4.78, 5) is 37.0. The van der Waals surface area contributed by atoms with Gasteiger partial charge in [0.15, 0.2) is 0 Å². The summed E-state index contributed by atoms with van der Waals surface area (Å²) in [6, 6.07) is -0.972. The Bertz CT molecular complexity index is 764. The maximum Gasteiger partial charge on any atom is 0.457 e. The predicted octanol–water partition coefficient (Wildman–Crippen LogP) is 4.29. The largest absolute Gasteiger partial charge is 0.481 e. The number of ether oxygens (including phenoxy) is 1. The first kappa shape index (κ1) is 29.4. The van der Waals surface area contributed by atoms with Crippen molar-refractivity contribution in [3.8, 4) is 0 Å². The van der Waals surface area contributed by atoms with Crippen molar-refractivity contribution in [2.75, 3.05) is 0 Å². The van der Waals surface area contributed by atoms with Gasteiger partial charge in [-0.05, 0) is 86.9 Å². The fraction of sp³-hybridized carbons (Fsp3) is 0.880. The van der Waals surface area contributed by atoms with E-state index in [2.05, 4.69) is 10.6 Å². The highest BCUT2D eigenvalue weighted by molar-refractivity contribution is 6.45. The minimum absolute atomic E-state index is 0.240. The Hall–Kier alpha value is -1.81. The molecule has 1 saturated heterocycles. The Balaban J connectivity index is 1.84. The molecule has 1 saturated carbocycles. The van der Waals surface area contributed by atoms with Crippen LogP contribution in [0.3, 0.4) is 0 Å². The van der Waals surface area contributed by atoms with Gasteiger partial charge in [0, 0.05) is 6.04 Å². The zero-order valence-electron chi connectivity index (χ0n) is 22.8. The van der Waals surface area contributed by atoms with E-state index in [1.54, 1.807) is 27.7 Å². The lowest BCUT2D eigenvalue weighted by Gasteiger charge is -2.32. The monoisotopic (exact) mass is 496 g/mol. The molecule has 2 amide bonds. The van der Waals surface area contributed by atoms with Crippen LogP contribution < -0.4 is 10.6 Å². The highest BCUT2D eigenvalue weighted by Crippen LogP contribution is 2.43. The standard InChI is InChI=1S/C25H45BN2O7/c1-9-18(28-21(32)33-22(2,3)4)19(29)27-17-12-14-25(16-17,20(30)31)13-10-11-15-26-34-23(5,6)24(7,8)35-26/h17-18H,9-16H2,1-8H3,(H,27,29)(H,28,32)(H,30,31)/t17-,18-,25+/m0/s1. The smallest absolute Gasteiger partial charge is 0.457 e. The Morgan fingerprint density at radius 1 is 1.11 bits per heavy atom. The van der Waals surface area contributed by atoms with Crippen LogP contribution in [0.15, 0.2) is 0 Å². The number of amides is 2. The fourth-order valence-electron chi connectivity index (χ4n) is 4.74. The van der Waals surface area contributed by atoms with Gasteiger partial charge in [0.05, 0.1) is 16.6 Å². The summed E-state index contributed by atoms with van der Waals surface area (Å²) >= 11 is 0. The molecule has 2 rings (SSSR count). The third-order valence-corrected chi connectivity index (χ3v) is 7.47. The van der Waals surface area contributed by atoms with Crippen LogP contribution in [-0.4, -0.2) is 59.1 Å². The average molecular weight is 496 g/mol. The molecule has 0 bridgehead atoms. The summed E-state index contributed by atoms with van der Waals surface area (Å²) in [5.74, 6) is -1.13. The number of alkyl carbamates (subject to hydrolysis) is 1. The number of carbonyl (C=O) groups is 3. The number of hydrogen-bond acceptors (Lipinski definition) is 6. The lowest BCUT2D eigenvalue weighted by atomic mass is 9.77. The molecule has 200 valence electrons. The van der Waals surface area contributed by atoms with Gasteiger partial charge in [-0.25, -0.2) is 4.79 Å². The lowest BCUT2D eigenvalue weighted by molar-refractivity contribution is -0.149. The van der Waals surface area contributed by atoms with Crippen LogP contribution in [-0.2, 0) is 23.6 Å². The van der Waals surface area contributed by atoms with Crippen LogP contribution in [0.25, 0.3) is 0 Å². The third-order valence-electron chi connectivity index (χ3n) is 7.47. The second kappa shape index (κ2) is 11.1. The van der Waals surface area contributed by atoms with Crippen molar-refractivity contribution in [2.45, 2.75) is 136 Å². The molecular formula is C25H45BN2O7. The minimum atomic E-state index is -0.853. The lowest BCUT2D eigenvalue weighted by Crippen LogP contribution is -2.50. The van der Waals surface area contributed by atoms with Gasteiger partial charge in [-0.3, -0.25) is 9.59 Å². The summed E-state index contributed by atoms with van der Waals surface area (Å²) in [7, 11) is -0.278. The number of aliphatic carboxylic acids is 1. The number of carboxylic acid groups (broad SMARTS) is 1. The van der Waals surface area contributed by atoms with E-state index in [4.69, 9.17) is 14.0 Å². The van der Waals surface area contributed by atoms with Crippen LogP contribution in [0.5, 0.6) is 0 Å². The first-order chi connectivity index (χ1) is 16.0. The van der Waals surface area contributed by atoms with E-state index >= 15 is 0 Å². The quantitative estimate of drug-likeness (QED) is 0.305. The Labute approximate surface area is 210 Å². The van der Waals surface area contributed by atoms with Gasteiger partial charge < -0.3 is 29.8 Å². The molecule has 0 aromatic heterocycles. The molecule has 9 nitrogen and oxygen atoms in total. The number of carboxylic acids is 1. The van der Waals surface area contributed by atoms with Crippen LogP contribution in [0.4, 0.5) is 4.79 Å². The summed E-state index contributed by atoms with van der Waals surface area (Å²) < 4.78 is 17.3. The molecule has 1 heterocycles. The van der Waals surface area contributed by atoms with Crippen molar-refractivity contribution in [2.24, 2.45) is 5.41 Å². The van der Waals surface area contributed by atoms with E-state index in [0.29, 0.717) is 32.1 Å². The Morgan fingerprint density at radius 3 is 2.23 bits per heavy atom. The maximum absolute atomic E-state index is 12.8. The summed E-state index contributed by atoms with van der Waals surface area (Å²) in [5, 5.41) is 15.6. The fourth-order valence-corrected chi connectivity index (χ4v) is 4.74. The third kappa shape index (κ3) is 7.84. The van der Waals surface area contributed by atoms with Crippen molar-refractivity contribution in [1.82, 2.24) is 10.6 Å². The van der Waals surface area contributed by atoms with E-state index in [0.717, 1.165) is 19.2 Å². The molecule has 0 aromatic carbocycles. The number of carbonyl (C=O) groups excluding carboxylic acids is 2. The summed E-state index contributed by atoms with van der Waals surface area (Å²) in [6.07, 6.45) is 4.06. The summed E-state index contributed by atoms with van der Waals surface area (Å²) in [5.41, 5.74) is -2.25. The highest BCUT2D eigenvalue weighted by Gasteiger charge is 2.51. The molecule has 3 N–H and O–H groups in total. The first-order valence-corrected chi connectivity index (χ1v) is 12.9. The zero-order valence-corrected chi connectivity index (χ0v) is 22.8. The molecule has 0 unspecified atom stereocenters. The molecule has 35 heavy (non-hydrogen) atoms. The van der Waals surface area contributed by atoms with Crippen LogP contribution in [0.2, 0.25) is 6.32 Å². The topological polar surface area (TPSA) is 123 Å². The van der Waals surface area contributed by atoms with Gasteiger partial charge >= 0.3 is 19.2 Å². The first-order valence-electron chi connectivity index (χ1n) is 12.9. The number of rotatable bonds is 10. The van der Waals surface area contributed by atoms with Gasteiger partial charge in [0.25, 0.3) is 0 Å².